The van der Waals surface area contributed by atoms with Crippen molar-refractivity contribution < 1.29 is 14.3 Å². The summed E-state index contributed by atoms with van der Waals surface area (Å²) in [6, 6.07) is 44.6. The van der Waals surface area contributed by atoms with Gasteiger partial charge in [0.05, 0.1) is 11.9 Å². The Bertz CT molecular complexity index is 1820. The average molecular weight is 579 g/mol. The van der Waals surface area contributed by atoms with Crippen molar-refractivity contribution >= 4 is 12.1 Å². The number of carbonyl (C=O) groups excluding carboxylic acids is 1. The van der Waals surface area contributed by atoms with Crippen LogP contribution in [0.3, 0.4) is 0 Å². The zero-order valence-electron chi connectivity index (χ0n) is 23.9. The van der Waals surface area contributed by atoms with Crippen LogP contribution < -0.4 is 14.9 Å². The molecule has 5 aromatic carbocycles. The Morgan fingerprint density at radius 1 is 0.682 bits per heavy atom. The van der Waals surface area contributed by atoms with E-state index in [-0.39, 0.29) is 5.91 Å². The number of carbonyl (C=O) groups is 1. The highest BCUT2D eigenvalue weighted by molar-refractivity contribution is 5.95. The maximum atomic E-state index is 12.8. The number of amides is 1. The van der Waals surface area contributed by atoms with E-state index in [9.17, 15) is 4.79 Å². The van der Waals surface area contributed by atoms with Gasteiger partial charge in [-0.1, -0.05) is 78.9 Å². The van der Waals surface area contributed by atoms with E-state index < -0.39 is 0 Å². The van der Waals surface area contributed by atoms with Gasteiger partial charge in [0.2, 0.25) is 0 Å². The van der Waals surface area contributed by atoms with Gasteiger partial charge in [-0.2, -0.15) is 10.2 Å². The maximum Gasteiger partial charge on any atom is 0.271 e. The van der Waals surface area contributed by atoms with Gasteiger partial charge >= 0.3 is 0 Å². The van der Waals surface area contributed by atoms with Gasteiger partial charge in [0, 0.05) is 22.9 Å². The highest BCUT2D eigenvalue weighted by Gasteiger charge is 2.12. The molecule has 0 fully saturated rings. The van der Waals surface area contributed by atoms with Crippen LogP contribution in [0.25, 0.3) is 16.9 Å². The highest BCUT2D eigenvalue weighted by Crippen LogP contribution is 2.25. The molecule has 0 aliphatic carbocycles. The molecule has 0 radical (unpaired) electrons. The first-order valence-electron chi connectivity index (χ1n) is 14.2. The molecule has 0 spiro atoms. The van der Waals surface area contributed by atoms with E-state index >= 15 is 0 Å². The minimum absolute atomic E-state index is 0.326. The summed E-state index contributed by atoms with van der Waals surface area (Å²) in [6.45, 7) is 0.947. The Kier molecular flexibility index (Phi) is 8.84. The third kappa shape index (κ3) is 7.27. The molecule has 0 unspecified atom stereocenters. The van der Waals surface area contributed by atoms with Gasteiger partial charge in [-0.05, 0) is 71.8 Å². The van der Waals surface area contributed by atoms with E-state index in [0.717, 1.165) is 39.4 Å². The van der Waals surface area contributed by atoms with Gasteiger partial charge in [0.1, 0.15) is 30.4 Å². The van der Waals surface area contributed by atoms with Crippen LogP contribution in [-0.4, -0.2) is 21.9 Å². The van der Waals surface area contributed by atoms with Crippen molar-refractivity contribution in [2.45, 2.75) is 13.2 Å². The van der Waals surface area contributed by atoms with Crippen LogP contribution in [0.5, 0.6) is 11.5 Å². The number of hydrazone groups is 1. The van der Waals surface area contributed by atoms with Crippen molar-refractivity contribution in [3.8, 4) is 28.4 Å². The predicted octanol–water partition coefficient (Wildman–Crippen LogP) is 7.46. The largest absolute Gasteiger partial charge is 0.489 e. The lowest BCUT2D eigenvalue weighted by Gasteiger charge is -2.07. The molecule has 0 aliphatic rings. The molecule has 1 heterocycles. The van der Waals surface area contributed by atoms with Crippen molar-refractivity contribution in [3.05, 3.63) is 168 Å². The van der Waals surface area contributed by atoms with Gasteiger partial charge in [-0.25, -0.2) is 10.1 Å². The Morgan fingerprint density at radius 3 is 1.77 bits per heavy atom. The normalized spacial score (nSPS) is 10.9. The van der Waals surface area contributed by atoms with E-state index in [4.69, 9.17) is 14.6 Å². The van der Waals surface area contributed by atoms with E-state index in [1.807, 2.05) is 121 Å². The number of para-hydroxylation sites is 1. The molecule has 0 bridgehead atoms. The summed E-state index contributed by atoms with van der Waals surface area (Å²) in [5, 5.41) is 9.09. The lowest BCUT2D eigenvalue weighted by Crippen LogP contribution is -2.17. The minimum atomic E-state index is -0.326. The molecule has 0 saturated carbocycles. The van der Waals surface area contributed by atoms with Gasteiger partial charge in [0.15, 0.2) is 0 Å². The molecule has 0 aliphatic heterocycles. The summed E-state index contributed by atoms with van der Waals surface area (Å²) < 4.78 is 13.6. The Labute approximate surface area is 256 Å². The number of hydrogen-bond acceptors (Lipinski definition) is 5. The Balaban J connectivity index is 1.14. The molecule has 0 saturated heterocycles. The van der Waals surface area contributed by atoms with Crippen molar-refractivity contribution in [2.75, 3.05) is 0 Å². The van der Waals surface area contributed by atoms with Gasteiger partial charge in [0.25, 0.3) is 5.91 Å². The summed E-state index contributed by atoms with van der Waals surface area (Å²) in [5.41, 5.74) is 8.55. The molecular formula is C37H30N4O3. The second-order valence-corrected chi connectivity index (χ2v) is 10.0. The number of benzene rings is 5. The van der Waals surface area contributed by atoms with Crippen molar-refractivity contribution in [1.82, 2.24) is 15.2 Å². The molecule has 216 valence electrons. The zero-order valence-corrected chi connectivity index (χ0v) is 23.9. The van der Waals surface area contributed by atoms with Gasteiger partial charge < -0.3 is 9.47 Å². The van der Waals surface area contributed by atoms with Crippen LogP contribution in [0.2, 0.25) is 0 Å². The third-order valence-corrected chi connectivity index (χ3v) is 6.87. The number of nitrogens with one attached hydrogen (secondary N) is 1. The molecule has 0 atom stereocenters. The standard InChI is InChI=1S/C37H30N4O3/c42-37(31-18-22-35(23-19-31)44-27-29-12-6-2-7-13-29)39-38-24-32-25-41(33-14-8-3-9-15-33)40-36(32)30-16-20-34(21-17-30)43-26-28-10-4-1-5-11-28/h1-25H,26-27H2,(H,39,42)/b38-24-. The monoisotopic (exact) mass is 578 g/mol. The van der Waals surface area contributed by atoms with Crippen LogP contribution in [0.1, 0.15) is 27.0 Å². The summed E-state index contributed by atoms with van der Waals surface area (Å²) in [6.07, 6.45) is 3.50. The maximum absolute atomic E-state index is 12.8. The van der Waals surface area contributed by atoms with Crippen LogP contribution in [0, 0.1) is 0 Å². The number of ether oxygens (including phenoxy) is 2. The first kappa shape index (κ1) is 28.2. The smallest absolute Gasteiger partial charge is 0.271 e. The molecule has 7 heteroatoms. The lowest BCUT2D eigenvalue weighted by molar-refractivity contribution is 0.0955. The molecule has 7 nitrogen and oxygen atoms in total. The number of hydrogen-bond donors (Lipinski definition) is 1. The van der Waals surface area contributed by atoms with Gasteiger partial charge in [-0.15, -0.1) is 0 Å². The van der Waals surface area contributed by atoms with Crippen LogP contribution in [0.4, 0.5) is 0 Å². The second-order valence-electron chi connectivity index (χ2n) is 10.0. The van der Waals surface area contributed by atoms with Crippen LogP contribution in [-0.2, 0) is 13.2 Å². The number of nitrogens with zero attached hydrogens (tertiary/aromatic N) is 3. The summed E-state index contributed by atoms with van der Waals surface area (Å²) in [7, 11) is 0. The quantitative estimate of drug-likeness (QED) is 0.128. The van der Waals surface area contributed by atoms with E-state index in [1.54, 1.807) is 35.2 Å². The average Bonchev–Trinajstić information content (AvgIpc) is 3.52. The summed E-state index contributed by atoms with van der Waals surface area (Å²) in [4.78, 5) is 12.8. The van der Waals surface area contributed by atoms with Crippen molar-refractivity contribution in [3.63, 3.8) is 0 Å². The van der Waals surface area contributed by atoms with Crippen LogP contribution >= 0.6 is 0 Å². The Hall–Kier alpha value is -5.95. The minimum Gasteiger partial charge on any atom is -0.489 e. The van der Waals surface area contributed by atoms with Gasteiger partial charge in [-0.3, -0.25) is 4.79 Å². The van der Waals surface area contributed by atoms with E-state index in [0.29, 0.717) is 24.5 Å². The van der Waals surface area contributed by atoms with E-state index in [1.165, 1.54) is 0 Å². The summed E-state index contributed by atoms with van der Waals surface area (Å²) >= 11 is 0. The molecule has 6 aromatic rings. The molecule has 1 N–H and O–H groups in total. The van der Waals surface area contributed by atoms with Crippen molar-refractivity contribution in [1.29, 1.82) is 0 Å². The SMILES string of the molecule is O=C(N/N=C\c1cn(-c2ccccc2)nc1-c1ccc(OCc2ccccc2)cc1)c1ccc(OCc2ccccc2)cc1. The fourth-order valence-corrected chi connectivity index (χ4v) is 4.54. The zero-order chi connectivity index (χ0) is 30.0. The second kappa shape index (κ2) is 13.8. The molecule has 1 aromatic heterocycles. The lowest BCUT2D eigenvalue weighted by atomic mass is 10.1. The molecular weight excluding hydrogens is 548 g/mol. The number of rotatable bonds is 11. The van der Waals surface area contributed by atoms with Crippen molar-refractivity contribution in [2.24, 2.45) is 5.10 Å². The number of aromatic nitrogens is 2. The summed E-state index contributed by atoms with van der Waals surface area (Å²) in [5.74, 6) is 1.12. The van der Waals surface area contributed by atoms with E-state index in [2.05, 4.69) is 10.5 Å². The Morgan fingerprint density at radius 2 is 1.20 bits per heavy atom. The fraction of sp³-hybridized carbons (Fsp3) is 0.0541. The topological polar surface area (TPSA) is 77.7 Å². The predicted molar refractivity (Wildman–Crippen MR) is 172 cm³/mol. The third-order valence-electron chi connectivity index (χ3n) is 6.87. The molecule has 6 rings (SSSR count). The fourth-order valence-electron chi connectivity index (χ4n) is 4.54. The molecule has 44 heavy (non-hydrogen) atoms. The first-order valence-corrected chi connectivity index (χ1v) is 14.2. The highest BCUT2D eigenvalue weighted by atomic mass is 16.5. The molecule has 1 amide bonds. The van der Waals surface area contributed by atoms with Crippen LogP contribution in [0.15, 0.2) is 151 Å². The first-order chi connectivity index (χ1) is 21.7.